The number of rotatable bonds is 9. The number of nitro benzene ring substituents is 2. The summed E-state index contributed by atoms with van der Waals surface area (Å²) in [6, 6.07) is 12.2. The fourth-order valence-corrected chi connectivity index (χ4v) is 3.55. The van der Waals surface area contributed by atoms with Gasteiger partial charge in [-0.05, 0) is 32.3 Å². The summed E-state index contributed by atoms with van der Waals surface area (Å²) >= 11 is 0. The van der Waals surface area contributed by atoms with Crippen molar-refractivity contribution in [1.29, 1.82) is 0 Å². The maximum atomic E-state index is 13.1. The lowest BCUT2D eigenvalue weighted by molar-refractivity contribution is -0.393. The van der Waals surface area contributed by atoms with Crippen LogP contribution in [0.25, 0.3) is 5.70 Å². The zero-order valence-corrected chi connectivity index (χ0v) is 18.7. The maximum Gasteiger partial charge on any atom is 0.342 e. The van der Waals surface area contributed by atoms with Gasteiger partial charge in [-0.15, -0.1) is 0 Å². The van der Waals surface area contributed by atoms with Gasteiger partial charge in [0.15, 0.2) is 0 Å². The van der Waals surface area contributed by atoms with E-state index in [9.17, 15) is 25.0 Å². The molecule has 0 bridgehead atoms. The van der Waals surface area contributed by atoms with Crippen molar-refractivity contribution >= 4 is 34.4 Å². The van der Waals surface area contributed by atoms with Crippen molar-refractivity contribution in [2.24, 2.45) is 4.99 Å². The second-order valence-electron chi connectivity index (χ2n) is 7.44. The monoisotopic (exact) mass is 467 g/mol. The fraction of sp³-hybridized carbons (Fsp3) is 0.304. The van der Waals surface area contributed by atoms with Crippen LogP contribution in [0, 0.1) is 20.2 Å². The van der Waals surface area contributed by atoms with Crippen LogP contribution in [0.4, 0.5) is 17.1 Å². The molecule has 0 aliphatic carbocycles. The van der Waals surface area contributed by atoms with Crippen molar-refractivity contribution in [3.05, 3.63) is 79.9 Å². The maximum absolute atomic E-state index is 13.1. The van der Waals surface area contributed by atoms with Gasteiger partial charge in [0.25, 0.3) is 5.69 Å². The van der Waals surface area contributed by atoms with Crippen LogP contribution >= 0.6 is 0 Å². The van der Waals surface area contributed by atoms with Crippen LogP contribution < -0.4 is 10.9 Å². The van der Waals surface area contributed by atoms with Gasteiger partial charge in [0, 0.05) is 18.2 Å². The molecule has 0 atom stereocenters. The Morgan fingerprint density at radius 2 is 1.82 bits per heavy atom. The quantitative estimate of drug-likeness (QED) is 0.238. The molecule has 34 heavy (non-hydrogen) atoms. The van der Waals surface area contributed by atoms with Crippen molar-refractivity contribution in [2.75, 3.05) is 18.6 Å². The number of aliphatic imine (C=N–C) groups is 1. The zero-order valence-electron chi connectivity index (χ0n) is 18.7. The lowest BCUT2D eigenvalue weighted by Crippen LogP contribution is -2.28. The Morgan fingerprint density at radius 3 is 2.50 bits per heavy atom. The molecule has 2 aromatic carbocycles. The average molecular weight is 467 g/mol. The summed E-state index contributed by atoms with van der Waals surface area (Å²) in [5.41, 5.74) is 6.60. The topological polar surface area (TPSA) is 149 Å². The number of esters is 1. The molecule has 0 spiro atoms. The second kappa shape index (κ2) is 11.5. The Balaban J connectivity index is 2.09. The minimum absolute atomic E-state index is 0.00459. The van der Waals surface area contributed by atoms with Gasteiger partial charge in [0.05, 0.1) is 33.9 Å². The number of carbonyl (C=O) groups excluding carboxylic acids is 1. The van der Waals surface area contributed by atoms with Crippen molar-refractivity contribution in [3.8, 4) is 0 Å². The molecule has 0 saturated carbocycles. The van der Waals surface area contributed by atoms with Gasteiger partial charge >= 0.3 is 11.7 Å². The van der Waals surface area contributed by atoms with Crippen molar-refractivity contribution in [1.82, 2.24) is 5.43 Å². The molecule has 178 valence electrons. The Bertz CT molecular complexity index is 1130. The number of nitrogens with one attached hydrogen (secondary N) is 2. The van der Waals surface area contributed by atoms with Crippen LogP contribution in [0.3, 0.4) is 0 Å². The number of carbonyl (C=O) groups is 1. The number of nitro groups is 2. The Kier molecular flexibility index (Phi) is 8.27. The molecule has 1 heterocycles. The average Bonchev–Trinajstić information content (AvgIpc) is 3.11. The highest BCUT2D eigenvalue weighted by atomic mass is 16.6. The van der Waals surface area contributed by atoms with Crippen LogP contribution in [0.5, 0.6) is 0 Å². The molecule has 2 aromatic rings. The summed E-state index contributed by atoms with van der Waals surface area (Å²) in [6.45, 7) is 2.46. The van der Waals surface area contributed by atoms with Crippen LogP contribution in [0.2, 0.25) is 0 Å². The first kappa shape index (κ1) is 24.4. The van der Waals surface area contributed by atoms with Crippen LogP contribution in [-0.4, -0.2) is 34.7 Å². The molecule has 0 amide bonds. The van der Waals surface area contributed by atoms with Crippen LogP contribution in [0.1, 0.15) is 38.2 Å². The molecular weight excluding hydrogens is 442 g/mol. The lowest BCUT2D eigenvalue weighted by atomic mass is 9.99. The Morgan fingerprint density at radius 1 is 1.06 bits per heavy atom. The first-order valence-corrected chi connectivity index (χ1v) is 10.9. The Hall–Kier alpha value is -4.28. The Labute approximate surface area is 195 Å². The molecule has 11 heteroatoms. The van der Waals surface area contributed by atoms with Gasteiger partial charge in [-0.1, -0.05) is 36.8 Å². The van der Waals surface area contributed by atoms with Crippen molar-refractivity contribution in [3.63, 3.8) is 0 Å². The number of non-ortho nitro benzene ring substituents is 1. The SMILES string of the molecule is CCOC(=O)/C(C1=NCCCCC1)=C(\NNc1ccc([N+](=O)[O-])cc1[N+](=O)[O-])c1ccccc1. The first-order chi connectivity index (χ1) is 16.4. The summed E-state index contributed by atoms with van der Waals surface area (Å²) < 4.78 is 5.33. The van der Waals surface area contributed by atoms with Crippen LogP contribution in [0.15, 0.2) is 59.1 Å². The van der Waals surface area contributed by atoms with E-state index < -0.39 is 27.2 Å². The molecule has 3 rings (SSSR count). The normalized spacial score (nSPS) is 14.2. The van der Waals surface area contributed by atoms with E-state index in [1.807, 2.05) is 6.07 Å². The smallest absolute Gasteiger partial charge is 0.342 e. The van der Waals surface area contributed by atoms with E-state index in [1.165, 1.54) is 6.07 Å². The summed E-state index contributed by atoms with van der Waals surface area (Å²) in [4.78, 5) is 38.8. The lowest BCUT2D eigenvalue weighted by Gasteiger charge is -2.19. The van der Waals surface area contributed by atoms with Crippen molar-refractivity contribution in [2.45, 2.75) is 32.6 Å². The fourth-order valence-electron chi connectivity index (χ4n) is 3.55. The molecule has 0 unspecified atom stereocenters. The highest BCUT2D eigenvalue weighted by Crippen LogP contribution is 2.29. The summed E-state index contributed by atoms with van der Waals surface area (Å²) in [5.74, 6) is -0.561. The van der Waals surface area contributed by atoms with E-state index in [2.05, 4.69) is 15.8 Å². The zero-order chi connectivity index (χ0) is 24.5. The largest absolute Gasteiger partial charge is 0.462 e. The van der Waals surface area contributed by atoms with Gasteiger partial charge in [-0.3, -0.25) is 36.1 Å². The predicted molar refractivity (Wildman–Crippen MR) is 127 cm³/mol. The van der Waals surface area contributed by atoms with E-state index in [1.54, 1.807) is 31.2 Å². The number of ether oxygens (including phenoxy) is 1. The minimum atomic E-state index is -0.718. The predicted octanol–water partition coefficient (Wildman–Crippen LogP) is 4.41. The van der Waals surface area contributed by atoms with Crippen LogP contribution in [-0.2, 0) is 9.53 Å². The highest BCUT2D eigenvalue weighted by molar-refractivity contribution is 6.24. The van der Waals surface area contributed by atoms with E-state index in [-0.39, 0.29) is 17.9 Å². The number of hydrogen-bond donors (Lipinski definition) is 2. The van der Waals surface area contributed by atoms with E-state index >= 15 is 0 Å². The minimum Gasteiger partial charge on any atom is -0.462 e. The number of hydrogen-bond acceptors (Lipinski definition) is 9. The van der Waals surface area contributed by atoms with Crippen molar-refractivity contribution < 1.29 is 19.4 Å². The van der Waals surface area contributed by atoms with Gasteiger partial charge in [-0.25, -0.2) is 4.79 Å². The number of hydrazine groups is 1. The first-order valence-electron chi connectivity index (χ1n) is 10.9. The molecule has 0 fully saturated rings. The molecule has 0 aromatic heterocycles. The third-order valence-corrected chi connectivity index (χ3v) is 5.17. The molecule has 1 aliphatic rings. The standard InChI is InChI=1S/C23H25N5O6/c1-2-34-23(29)21(19-11-7-4-8-14-24-19)22(16-9-5-3-6-10-16)26-25-18-13-12-17(27(30)31)15-20(18)28(32)33/h3,5-6,9-10,12-13,15,25-26H,2,4,7-8,11,14H2,1H3/b22-21-. The number of nitrogens with zero attached hydrogens (tertiary/aromatic N) is 3. The van der Waals surface area contributed by atoms with Gasteiger partial charge in [-0.2, -0.15) is 0 Å². The molecule has 2 N–H and O–H groups in total. The number of anilines is 1. The highest BCUT2D eigenvalue weighted by Gasteiger charge is 2.26. The number of benzene rings is 2. The summed E-state index contributed by atoms with van der Waals surface area (Å²) in [5, 5.41) is 22.6. The molecule has 0 saturated heterocycles. The summed E-state index contributed by atoms with van der Waals surface area (Å²) in [7, 11) is 0. The van der Waals surface area contributed by atoms with Gasteiger partial charge < -0.3 is 4.74 Å². The van der Waals surface area contributed by atoms with E-state index in [0.717, 1.165) is 31.4 Å². The molecule has 11 nitrogen and oxygen atoms in total. The third-order valence-electron chi connectivity index (χ3n) is 5.17. The van der Waals surface area contributed by atoms with E-state index in [4.69, 9.17) is 4.74 Å². The summed E-state index contributed by atoms with van der Waals surface area (Å²) in [6.07, 6.45) is 3.36. The van der Waals surface area contributed by atoms with E-state index in [0.29, 0.717) is 29.9 Å². The molecule has 1 aliphatic heterocycles. The third kappa shape index (κ3) is 5.94. The second-order valence-corrected chi connectivity index (χ2v) is 7.44. The molecule has 0 radical (unpaired) electrons. The van der Waals surface area contributed by atoms with Gasteiger partial charge in [0.1, 0.15) is 11.3 Å². The molecular formula is C23H25N5O6. The van der Waals surface area contributed by atoms with Gasteiger partial charge in [0.2, 0.25) is 0 Å².